The number of anilines is 2. The number of fused-ring (bicyclic) bond motifs is 1. The number of hydrogen-bond donors (Lipinski definition) is 3. The number of aromatic nitrogens is 3. The van der Waals surface area contributed by atoms with Gasteiger partial charge in [-0.05, 0) is 67.2 Å². The number of nitrogens with zero attached hydrogens (tertiary/aromatic N) is 4. The minimum Gasteiger partial charge on any atom is -0.493 e. The second-order valence-corrected chi connectivity index (χ2v) is 11.9. The fourth-order valence-electron chi connectivity index (χ4n) is 5.69. The van der Waals surface area contributed by atoms with E-state index in [1.807, 2.05) is 36.4 Å². The molecule has 0 saturated carbocycles. The first kappa shape index (κ1) is 35.3. The summed E-state index contributed by atoms with van der Waals surface area (Å²) in [6.45, 7) is 1.53. The lowest BCUT2D eigenvalue weighted by atomic mass is 9.91. The van der Waals surface area contributed by atoms with Gasteiger partial charge in [0.1, 0.15) is 12.1 Å². The van der Waals surface area contributed by atoms with Crippen molar-refractivity contribution in [1.82, 2.24) is 30.5 Å². The second kappa shape index (κ2) is 18.0. The van der Waals surface area contributed by atoms with Crippen molar-refractivity contribution in [3.63, 3.8) is 0 Å². The van der Waals surface area contributed by atoms with E-state index >= 15 is 0 Å². The Morgan fingerprint density at radius 1 is 1.04 bits per heavy atom. The van der Waals surface area contributed by atoms with Crippen molar-refractivity contribution in [2.45, 2.75) is 32.1 Å². The van der Waals surface area contributed by atoms with Gasteiger partial charge < -0.3 is 30.3 Å². The lowest BCUT2D eigenvalue weighted by Gasteiger charge is -2.32. The first-order valence-electron chi connectivity index (χ1n) is 16.6. The molecule has 12 heteroatoms. The SMILES string of the molecule is C#Cc1cccc(Nc2ncnc3cc(OC)c(OCC(=O)NCC(=O)N4CCC(CCCCNC(=O)/C=C/c5cccnc5)CC4)cc23)c1. The van der Waals surface area contributed by atoms with E-state index in [0.717, 1.165) is 48.9 Å². The van der Waals surface area contributed by atoms with Crippen LogP contribution in [-0.4, -0.2) is 77.5 Å². The fraction of sp³-hybridized carbons (Fsp3) is 0.316. The van der Waals surface area contributed by atoms with Gasteiger partial charge in [-0.15, -0.1) is 6.42 Å². The predicted octanol–water partition coefficient (Wildman–Crippen LogP) is 4.49. The minimum absolute atomic E-state index is 0.102. The van der Waals surface area contributed by atoms with Gasteiger partial charge in [0, 0.05) is 60.8 Å². The van der Waals surface area contributed by atoms with E-state index in [-0.39, 0.29) is 25.0 Å². The zero-order chi connectivity index (χ0) is 35.1. The van der Waals surface area contributed by atoms with Crippen LogP contribution in [0.1, 0.15) is 43.2 Å². The Morgan fingerprint density at radius 3 is 2.68 bits per heavy atom. The third kappa shape index (κ3) is 10.3. The van der Waals surface area contributed by atoms with E-state index in [0.29, 0.717) is 53.8 Å². The third-order valence-corrected chi connectivity index (χ3v) is 8.43. The standard InChI is InChI=1S/C38H41N7O5/c1-3-27-9-6-11-30(20-27)44-38-31-21-34(33(49-2)22-32(31)42-26-43-38)50-25-36(47)41-24-37(48)45-18-14-28(15-19-45)8-4-5-17-40-35(46)13-12-29-10-7-16-39-23-29/h1,6-7,9-13,16,20-23,26,28H,4-5,8,14-15,17-19,24-25H2,2H3,(H,40,46)(H,41,47)(H,42,43,44)/b13-12+. The van der Waals surface area contributed by atoms with Crippen LogP contribution in [0, 0.1) is 18.3 Å². The number of likely N-dealkylation sites (tertiary alicyclic amines) is 1. The first-order valence-corrected chi connectivity index (χ1v) is 16.6. The molecule has 12 nitrogen and oxygen atoms in total. The van der Waals surface area contributed by atoms with Crippen LogP contribution in [0.4, 0.5) is 11.5 Å². The van der Waals surface area contributed by atoms with Crippen LogP contribution in [-0.2, 0) is 14.4 Å². The molecular formula is C38H41N7O5. The number of carbonyl (C=O) groups is 3. The van der Waals surface area contributed by atoms with Gasteiger partial charge in [-0.3, -0.25) is 19.4 Å². The molecule has 5 rings (SSSR count). The molecule has 0 atom stereocenters. The number of rotatable bonds is 15. The number of nitrogens with one attached hydrogen (secondary N) is 3. The number of carbonyl (C=O) groups excluding carboxylic acids is 3. The van der Waals surface area contributed by atoms with E-state index in [1.54, 1.807) is 35.5 Å². The molecule has 3 N–H and O–H groups in total. The summed E-state index contributed by atoms with van der Waals surface area (Å²) in [5.74, 6) is 3.76. The summed E-state index contributed by atoms with van der Waals surface area (Å²) in [4.78, 5) is 52.1. The number of benzene rings is 2. The summed E-state index contributed by atoms with van der Waals surface area (Å²) < 4.78 is 11.3. The molecule has 4 aromatic rings. The highest BCUT2D eigenvalue weighted by Gasteiger charge is 2.23. The number of hydrogen-bond acceptors (Lipinski definition) is 9. The maximum Gasteiger partial charge on any atom is 0.258 e. The van der Waals surface area contributed by atoms with Crippen molar-refractivity contribution < 1.29 is 23.9 Å². The number of piperidine rings is 1. The molecule has 2 aromatic carbocycles. The normalized spacial score (nSPS) is 13.1. The maximum atomic E-state index is 12.8. The molecule has 0 bridgehead atoms. The molecule has 3 heterocycles. The molecule has 2 aromatic heterocycles. The van der Waals surface area contributed by atoms with Crippen LogP contribution in [0.5, 0.6) is 11.5 Å². The van der Waals surface area contributed by atoms with E-state index in [4.69, 9.17) is 15.9 Å². The highest BCUT2D eigenvalue weighted by Crippen LogP contribution is 2.35. The molecule has 258 valence electrons. The van der Waals surface area contributed by atoms with Gasteiger partial charge in [-0.25, -0.2) is 9.97 Å². The molecule has 3 amide bonds. The van der Waals surface area contributed by atoms with Crippen molar-refractivity contribution in [1.29, 1.82) is 0 Å². The van der Waals surface area contributed by atoms with Gasteiger partial charge in [0.05, 0.1) is 19.2 Å². The molecular weight excluding hydrogens is 634 g/mol. The summed E-state index contributed by atoms with van der Waals surface area (Å²) in [6, 6.07) is 14.5. The van der Waals surface area contributed by atoms with E-state index in [9.17, 15) is 14.4 Å². The van der Waals surface area contributed by atoms with Crippen LogP contribution >= 0.6 is 0 Å². The molecule has 1 aliphatic heterocycles. The molecule has 0 unspecified atom stereocenters. The van der Waals surface area contributed by atoms with Gasteiger partial charge in [0.25, 0.3) is 5.91 Å². The Morgan fingerprint density at radius 2 is 1.90 bits per heavy atom. The number of ether oxygens (including phenoxy) is 2. The number of amides is 3. The monoisotopic (exact) mass is 675 g/mol. The van der Waals surface area contributed by atoms with Gasteiger partial charge in [-0.1, -0.05) is 30.9 Å². The lowest BCUT2D eigenvalue weighted by Crippen LogP contribution is -2.44. The Bertz CT molecular complexity index is 1850. The van der Waals surface area contributed by atoms with E-state index in [1.165, 1.54) is 19.5 Å². The van der Waals surface area contributed by atoms with Crippen LogP contribution in [0.15, 0.2) is 73.3 Å². The molecule has 50 heavy (non-hydrogen) atoms. The predicted molar refractivity (Wildman–Crippen MR) is 192 cm³/mol. The van der Waals surface area contributed by atoms with Gasteiger partial charge in [-0.2, -0.15) is 0 Å². The molecule has 1 saturated heterocycles. The molecule has 0 spiro atoms. The van der Waals surface area contributed by atoms with Crippen molar-refractivity contribution in [3.05, 3.63) is 84.5 Å². The van der Waals surface area contributed by atoms with Gasteiger partial charge in [0.2, 0.25) is 11.8 Å². The maximum absolute atomic E-state index is 12.8. The molecule has 1 fully saturated rings. The van der Waals surface area contributed by atoms with Crippen molar-refractivity contribution in [2.75, 3.05) is 45.2 Å². The van der Waals surface area contributed by atoms with Crippen LogP contribution in [0.3, 0.4) is 0 Å². The average molecular weight is 676 g/mol. The van der Waals surface area contributed by atoms with E-state index in [2.05, 4.69) is 36.8 Å². The van der Waals surface area contributed by atoms with Crippen molar-refractivity contribution in [2.24, 2.45) is 5.92 Å². The zero-order valence-electron chi connectivity index (χ0n) is 28.1. The topological polar surface area (TPSA) is 148 Å². The van der Waals surface area contributed by atoms with Crippen LogP contribution in [0.2, 0.25) is 0 Å². The van der Waals surface area contributed by atoms with Crippen LogP contribution in [0.25, 0.3) is 17.0 Å². The molecule has 0 radical (unpaired) electrons. The lowest BCUT2D eigenvalue weighted by molar-refractivity contribution is -0.134. The summed E-state index contributed by atoms with van der Waals surface area (Å²) in [7, 11) is 1.51. The van der Waals surface area contributed by atoms with Gasteiger partial charge in [0.15, 0.2) is 18.1 Å². The van der Waals surface area contributed by atoms with E-state index < -0.39 is 5.91 Å². The minimum atomic E-state index is -0.427. The smallest absolute Gasteiger partial charge is 0.258 e. The Balaban J connectivity index is 1.01. The largest absolute Gasteiger partial charge is 0.493 e. The first-order chi connectivity index (χ1) is 24.4. The fourth-order valence-corrected chi connectivity index (χ4v) is 5.69. The summed E-state index contributed by atoms with van der Waals surface area (Å²) in [5, 5.41) is 9.51. The van der Waals surface area contributed by atoms with Crippen molar-refractivity contribution in [3.8, 4) is 23.8 Å². The van der Waals surface area contributed by atoms with Crippen LogP contribution < -0.4 is 25.4 Å². The third-order valence-electron chi connectivity index (χ3n) is 8.43. The van der Waals surface area contributed by atoms with Gasteiger partial charge >= 0.3 is 0 Å². The average Bonchev–Trinajstić information content (AvgIpc) is 3.15. The number of terminal acetylenes is 1. The van der Waals surface area contributed by atoms with Crippen molar-refractivity contribution >= 4 is 46.2 Å². The quantitative estimate of drug-likeness (QED) is 0.0942. The Labute approximate surface area is 291 Å². The number of methoxy groups -OCH3 is 1. The zero-order valence-corrected chi connectivity index (χ0v) is 28.1. The summed E-state index contributed by atoms with van der Waals surface area (Å²) >= 11 is 0. The molecule has 1 aliphatic rings. The summed E-state index contributed by atoms with van der Waals surface area (Å²) in [6.07, 6.45) is 18.4. The highest BCUT2D eigenvalue weighted by atomic mass is 16.5. The summed E-state index contributed by atoms with van der Waals surface area (Å²) in [5.41, 5.74) is 2.99. The number of unbranched alkanes of at least 4 members (excludes halogenated alkanes) is 1. The Kier molecular flexibility index (Phi) is 12.7. The number of pyridine rings is 1. The highest BCUT2D eigenvalue weighted by molar-refractivity contribution is 5.93. The second-order valence-electron chi connectivity index (χ2n) is 11.9. The molecule has 0 aliphatic carbocycles. The Hall–Kier alpha value is -5.96.